The van der Waals surface area contributed by atoms with Gasteiger partial charge in [-0.25, -0.2) is 13.6 Å². The number of halogens is 5. The third-order valence-electron chi connectivity index (χ3n) is 5.39. The lowest BCUT2D eigenvalue weighted by atomic mass is 9.83. The van der Waals surface area contributed by atoms with Crippen LogP contribution in [0, 0.1) is 11.6 Å². The second-order valence-electron chi connectivity index (χ2n) is 8.02. The first-order valence-electron chi connectivity index (χ1n) is 10.2. The molecule has 1 amide bonds. The number of carbonyl (C=O) groups excluding carboxylic acids is 2. The van der Waals surface area contributed by atoms with Crippen LogP contribution in [0.5, 0.6) is 0 Å². The molecule has 1 aliphatic rings. The molecule has 0 radical (unpaired) electrons. The van der Waals surface area contributed by atoms with Crippen molar-refractivity contribution in [2.75, 3.05) is 0 Å². The number of amides is 1. The Bertz CT molecular complexity index is 1090. The first-order chi connectivity index (χ1) is 15.4. The first-order valence-corrected chi connectivity index (χ1v) is 10.2. The molecule has 3 rings (SSSR count). The Labute approximate surface area is 187 Å². The molecule has 0 N–H and O–H groups in total. The lowest BCUT2D eigenvalue weighted by molar-refractivity contribution is -0.144. The van der Waals surface area contributed by atoms with Gasteiger partial charge in [0.05, 0.1) is 23.8 Å². The molecule has 0 saturated carbocycles. The maximum absolute atomic E-state index is 14.2. The number of carbonyl (C=O) groups is 2. The third-order valence-corrected chi connectivity index (χ3v) is 5.39. The molecule has 0 bridgehead atoms. The van der Waals surface area contributed by atoms with Gasteiger partial charge in [-0.2, -0.15) is 13.2 Å². The predicted octanol–water partition coefficient (Wildman–Crippen LogP) is 5.73. The van der Waals surface area contributed by atoms with E-state index in [-0.39, 0.29) is 29.8 Å². The molecule has 1 aliphatic heterocycles. The van der Waals surface area contributed by atoms with E-state index >= 15 is 0 Å². The van der Waals surface area contributed by atoms with Gasteiger partial charge in [0, 0.05) is 23.6 Å². The molecule has 4 nitrogen and oxygen atoms in total. The van der Waals surface area contributed by atoms with E-state index in [1.807, 2.05) is 0 Å². The summed E-state index contributed by atoms with van der Waals surface area (Å²) >= 11 is 0. The van der Waals surface area contributed by atoms with Crippen LogP contribution in [0.15, 0.2) is 53.7 Å². The van der Waals surface area contributed by atoms with Crippen molar-refractivity contribution in [2.24, 2.45) is 0 Å². The highest BCUT2D eigenvalue weighted by Gasteiger charge is 2.38. The van der Waals surface area contributed by atoms with Crippen LogP contribution in [0.2, 0.25) is 0 Å². The smallest absolute Gasteiger partial charge is 0.416 e. The van der Waals surface area contributed by atoms with E-state index in [9.17, 15) is 31.5 Å². The summed E-state index contributed by atoms with van der Waals surface area (Å²) in [6.45, 7) is 4.43. The highest BCUT2D eigenvalue weighted by atomic mass is 19.4. The number of hydrogen-bond acceptors (Lipinski definition) is 3. The zero-order chi connectivity index (χ0) is 24.5. The molecule has 9 heteroatoms. The fourth-order valence-corrected chi connectivity index (χ4v) is 3.78. The largest absolute Gasteiger partial charge is 0.460 e. The van der Waals surface area contributed by atoms with Crippen LogP contribution in [0.3, 0.4) is 0 Å². The van der Waals surface area contributed by atoms with Crippen molar-refractivity contribution < 1.29 is 36.3 Å². The van der Waals surface area contributed by atoms with Crippen molar-refractivity contribution in [3.8, 4) is 0 Å². The molecule has 0 spiro atoms. The van der Waals surface area contributed by atoms with Crippen LogP contribution < -0.4 is 0 Å². The van der Waals surface area contributed by atoms with Gasteiger partial charge >= 0.3 is 12.1 Å². The SMILES string of the molecule is CC1=C(C(=O)OC(C)C)[C@@H](c2ccc(C(F)(F)F)cc2)CC(=O)N1Cc1cccc(F)c1F. The summed E-state index contributed by atoms with van der Waals surface area (Å²) in [6.07, 6.45) is -5.27. The Kier molecular flexibility index (Phi) is 6.90. The summed E-state index contributed by atoms with van der Waals surface area (Å²) < 4.78 is 72.0. The number of benzene rings is 2. The Balaban J connectivity index is 2.05. The Hall–Kier alpha value is -3.23. The van der Waals surface area contributed by atoms with E-state index < -0.39 is 47.3 Å². The van der Waals surface area contributed by atoms with Crippen LogP contribution in [0.25, 0.3) is 0 Å². The summed E-state index contributed by atoms with van der Waals surface area (Å²) in [5.74, 6) is -4.23. The maximum Gasteiger partial charge on any atom is 0.416 e. The van der Waals surface area contributed by atoms with E-state index in [4.69, 9.17) is 4.74 Å². The van der Waals surface area contributed by atoms with Crippen LogP contribution in [0.4, 0.5) is 22.0 Å². The molecule has 0 aromatic heterocycles. The molecule has 2 aromatic carbocycles. The molecule has 1 atom stereocenters. The fourth-order valence-electron chi connectivity index (χ4n) is 3.78. The van der Waals surface area contributed by atoms with E-state index in [1.165, 1.54) is 31.2 Å². The molecule has 176 valence electrons. The highest BCUT2D eigenvalue weighted by molar-refractivity contribution is 5.96. The standard InChI is InChI=1S/C24H22F5NO3/c1-13(2)33-23(32)21-14(3)30(12-16-5-4-6-19(25)22(16)26)20(31)11-18(21)15-7-9-17(10-8-15)24(27,28)29/h4-10,13,18H,11-12H2,1-3H3/t18-/m1/s1. The van der Waals surface area contributed by atoms with Crippen LogP contribution >= 0.6 is 0 Å². The molecule has 0 aliphatic carbocycles. The Morgan fingerprint density at radius 1 is 1.12 bits per heavy atom. The van der Waals surface area contributed by atoms with Crippen molar-refractivity contribution in [3.05, 3.63) is 82.1 Å². The number of esters is 1. The van der Waals surface area contributed by atoms with Gasteiger partial charge in [-0.15, -0.1) is 0 Å². The monoisotopic (exact) mass is 467 g/mol. The molecular formula is C24H22F5NO3. The van der Waals surface area contributed by atoms with Crippen molar-refractivity contribution in [1.29, 1.82) is 0 Å². The summed E-state index contributed by atoms with van der Waals surface area (Å²) in [4.78, 5) is 27.0. The number of hydrogen-bond donors (Lipinski definition) is 0. The zero-order valence-corrected chi connectivity index (χ0v) is 18.2. The minimum Gasteiger partial charge on any atom is -0.460 e. The van der Waals surface area contributed by atoms with Gasteiger partial charge in [0.25, 0.3) is 0 Å². The highest BCUT2D eigenvalue weighted by Crippen LogP contribution is 2.39. The fraction of sp³-hybridized carbons (Fsp3) is 0.333. The topological polar surface area (TPSA) is 46.6 Å². The van der Waals surface area contributed by atoms with Crippen molar-refractivity contribution in [1.82, 2.24) is 4.90 Å². The van der Waals surface area contributed by atoms with Crippen LogP contribution in [-0.4, -0.2) is 22.9 Å². The Morgan fingerprint density at radius 3 is 2.33 bits per heavy atom. The number of rotatable bonds is 5. The lowest BCUT2D eigenvalue weighted by Crippen LogP contribution is -2.38. The molecule has 0 unspecified atom stereocenters. The van der Waals surface area contributed by atoms with Crippen molar-refractivity contribution in [2.45, 2.75) is 51.9 Å². The van der Waals surface area contributed by atoms with Gasteiger partial charge < -0.3 is 9.64 Å². The normalized spacial score (nSPS) is 17.1. The predicted molar refractivity (Wildman–Crippen MR) is 110 cm³/mol. The molecule has 33 heavy (non-hydrogen) atoms. The third kappa shape index (κ3) is 5.23. The number of allylic oxidation sites excluding steroid dienone is 1. The van der Waals surface area contributed by atoms with Crippen molar-refractivity contribution in [3.63, 3.8) is 0 Å². The van der Waals surface area contributed by atoms with Gasteiger partial charge in [0.2, 0.25) is 5.91 Å². The first kappa shape index (κ1) is 24.4. The summed E-state index contributed by atoms with van der Waals surface area (Å²) in [6, 6.07) is 7.79. The minimum absolute atomic E-state index is 0.0766. The number of alkyl halides is 3. The zero-order valence-electron chi connectivity index (χ0n) is 18.2. The van der Waals surface area contributed by atoms with Gasteiger partial charge in [-0.05, 0) is 44.5 Å². The van der Waals surface area contributed by atoms with E-state index in [1.54, 1.807) is 13.8 Å². The van der Waals surface area contributed by atoms with Crippen LogP contribution in [0.1, 0.15) is 49.8 Å². The summed E-state index contributed by atoms with van der Waals surface area (Å²) in [7, 11) is 0. The molecule has 1 heterocycles. The van der Waals surface area contributed by atoms with Crippen molar-refractivity contribution >= 4 is 11.9 Å². The van der Waals surface area contributed by atoms with Gasteiger partial charge in [0.15, 0.2) is 11.6 Å². The summed E-state index contributed by atoms with van der Waals surface area (Å²) in [5, 5.41) is 0. The second-order valence-corrected chi connectivity index (χ2v) is 8.02. The lowest BCUT2D eigenvalue weighted by Gasteiger charge is -2.35. The summed E-state index contributed by atoms with van der Waals surface area (Å²) in [5.41, 5.74) is -0.343. The minimum atomic E-state index is -4.53. The van der Waals surface area contributed by atoms with Gasteiger partial charge in [-0.1, -0.05) is 24.3 Å². The molecular weight excluding hydrogens is 445 g/mol. The van der Waals surface area contributed by atoms with Gasteiger partial charge in [-0.3, -0.25) is 4.79 Å². The second kappa shape index (κ2) is 9.33. The van der Waals surface area contributed by atoms with Crippen LogP contribution in [-0.2, 0) is 27.0 Å². The number of ether oxygens (including phenoxy) is 1. The van der Waals surface area contributed by atoms with Gasteiger partial charge in [0.1, 0.15) is 0 Å². The molecule has 2 aromatic rings. The average molecular weight is 467 g/mol. The van der Waals surface area contributed by atoms with E-state index in [2.05, 4.69) is 0 Å². The average Bonchev–Trinajstić information content (AvgIpc) is 2.72. The molecule has 0 saturated heterocycles. The van der Waals surface area contributed by atoms with E-state index in [0.29, 0.717) is 5.56 Å². The number of nitrogens with zero attached hydrogens (tertiary/aromatic N) is 1. The van der Waals surface area contributed by atoms with E-state index in [0.717, 1.165) is 23.1 Å². The maximum atomic E-state index is 14.2. The quantitative estimate of drug-likeness (QED) is 0.417. The Morgan fingerprint density at radius 2 is 1.76 bits per heavy atom. The molecule has 0 fully saturated rings.